The van der Waals surface area contributed by atoms with Gasteiger partial charge in [-0.2, -0.15) is 0 Å². The molecule has 0 N–H and O–H groups in total. The van der Waals surface area contributed by atoms with E-state index in [9.17, 15) is 0 Å². The Morgan fingerprint density at radius 1 is 1.24 bits per heavy atom. The maximum Gasteiger partial charge on any atom is 0.226 e. The molecule has 3 heteroatoms. The quantitative estimate of drug-likeness (QED) is 0.777. The lowest BCUT2D eigenvalue weighted by Gasteiger charge is -2.14. The standard InChI is InChI=1S/C18H22N2O/c1-3-6-17-14(2)21-18(19-17)16-9-7-15(8-10-16)13-20-11-4-5-12-20/h3,7-10H,1,4-6,11-13H2,2H3. The zero-order chi connectivity index (χ0) is 14.7. The van der Waals surface area contributed by atoms with E-state index < -0.39 is 0 Å². The third-order valence-corrected chi connectivity index (χ3v) is 4.04. The second kappa shape index (κ2) is 6.27. The molecule has 0 aliphatic carbocycles. The number of hydrogen-bond donors (Lipinski definition) is 0. The minimum Gasteiger partial charge on any atom is -0.441 e. The Kier molecular flexibility index (Phi) is 4.20. The van der Waals surface area contributed by atoms with Crippen LogP contribution in [0.4, 0.5) is 0 Å². The average Bonchev–Trinajstić information content (AvgIpc) is 3.11. The van der Waals surface area contributed by atoms with Gasteiger partial charge in [-0.05, 0) is 50.6 Å². The molecular weight excluding hydrogens is 260 g/mol. The summed E-state index contributed by atoms with van der Waals surface area (Å²) in [5, 5.41) is 0. The molecule has 1 saturated heterocycles. The van der Waals surface area contributed by atoms with Crippen LogP contribution in [0.25, 0.3) is 11.5 Å². The zero-order valence-electron chi connectivity index (χ0n) is 12.6. The molecule has 2 heterocycles. The van der Waals surface area contributed by atoms with Crippen molar-refractivity contribution in [1.29, 1.82) is 0 Å². The van der Waals surface area contributed by atoms with Crippen LogP contribution in [0.3, 0.4) is 0 Å². The van der Waals surface area contributed by atoms with E-state index in [1.807, 2.05) is 13.0 Å². The van der Waals surface area contributed by atoms with Crippen LogP contribution in [-0.2, 0) is 13.0 Å². The molecular formula is C18H22N2O. The number of likely N-dealkylation sites (tertiary alicyclic amines) is 1. The summed E-state index contributed by atoms with van der Waals surface area (Å²) >= 11 is 0. The summed E-state index contributed by atoms with van der Waals surface area (Å²) in [4.78, 5) is 7.06. The molecule has 0 saturated carbocycles. The summed E-state index contributed by atoms with van der Waals surface area (Å²) in [5.74, 6) is 1.59. The number of hydrogen-bond acceptors (Lipinski definition) is 3. The molecule has 2 aromatic rings. The molecule has 0 atom stereocenters. The Morgan fingerprint density at radius 2 is 1.95 bits per heavy atom. The number of rotatable bonds is 5. The van der Waals surface area contributed by atoms with Gasteiger partial charge in [-0.3, -0.25) is 4.90 Å². The van der Waals surface area contributed by atoms with Crippen molar-refractivity contribution in [2.45, 2.75) is 32.7 Å². The number of aryl methyl sites for hydroxylation is 1. The van der Waals surface area contributed by atoms with Gasteiger partial charge in [0.05, 0.1) is 5.69 Å². The lowest BCUT2D eigenvalue weighted by atomic mass is 10.1. The lowest BCUT2D eigenvalue weighted by molar-refractivity contribution is 0.331. The van der Waals surface area contributed by atoms with E-state index in [0.29, 0.717) is 5.89 Å². The first-order valence-corrected chi connectivity index (χ1v) is 7.65. The van der Waals surface area contributed by atoms with Crippen LogP contribution in [0.5, 0.6) is 0 Å². The molecule has 1 aliphatic heterocycles. The van der Waals surface area contributed by atoms with Gasteiger partial charge < -0.3 is 4.42 Å². The topological polar surface area (TPSA) is 29.3 Å². The molecule has 1 aromatic carbocycles. The van der Waals surface area contributed by atoms with Crippen molar-refractivity contribution in [3.05, 3.63) is 53.9 Å². The fraction of sp³-hybridized carbons (Fsp3) is 0.389. The van der Waals surface area contributed by atoms with Gasteiger partial charge in [-0.15, -0.1) is 6.58 Å². The molecule has 0 radical (unpaired) electrons. The summed E-state index contributed by atoms with van der Waals surface area (Å²) in [7, 11) is 0. The average molecular weight is 282 g/mol. The Labute approximate surface area is 126 Å². The molecule has 0 spiro atoms. The van der Waals surface area contributed by atoms with Gasteiger partial charge in [0.2, 0.25) is 5.89 Å². The van der Waals surface area contributed by atoms with Gasteiger partial charge in [0.25, 0.3) is 0 Å². The molecule has 0 bridgehead atoms. The molecule has 1 aromatic heterocycles. The molecule has 21 heavy (non-hydrogen) atoms. The summed E-state index contributed by atoms with van der Waals surface area (Å²) in [5.41, 5.74) is 3.37. The van der Waals surface area contributed by atoms with Gasteiger partial charge >= 0.3 is 0 Å². The van der Waals surface area contributed by atoms with E-state index in [4.69, 9.17) is 4.42 Å². The monoisotopic (exact) mass is 282 g/mol. The van der Waals surface area contributed by atoms with E-state index in [0.717, 1.165) is 30.0 Å². The first-order valence-electron chi connectivity index (χ1n) is 7.65. The maximum absolute atomic E-state index is 5.76. The van der Waals surface area contributed by atoms with E-state index in [-0.39, 0.29) is 0 Å². The second-order valence-corrected chi connectivity index (χ2v) is 5.69. The number of nitrogens with zero attached hydrogens (tertiary/aromatic N) is 2. The molecule has 1 fully saturated rings. The summed E-state index contributed by atoms with van der Waals surface area (Å²) < 4.78 is 5.76. The Morgan fingerprint density at radius 3 is 2.62 bits per heavy atom. The van der Waals surface area contributed by atoms with Crippen LogP contribution in [0.15, 0.2) is 41.3 Å². The number of aromatic nitrogens is 1. The third kappa shape index (κ3) is 3.24. The van der Waals surface area contributed by atoms with E-state index in [1.54, 1.807) is 0 Å². The maximum atomic E-state index is 5.76. The van der Waals surface area contributed by atoms with Crippen molar-refractivity contribution in [3.63, 3.8) is 0 Å². The minimum absolute atomic E-state index is 0.706. The van der Waals surface area contributed by atoms with Gasteiger partial charge in [-0.25, -0.2) is 4.98 Å². The molecule has 110 valence electrons. The van der Waals surface area contributed by atoms with Crippen molar-refractivity contribution in [3.8, 4) is 11.5 Å². The smallest absolute Gasteiger partial charge is 0.226 e. The first-order chi connectivity index (χ1) is 10.3. The van der Waals surface area contributed by atoms with Gasteiger partial charge in [0.1, 0.15) is 5.76 Å². The van der Waals surface area contributed by atoms with Crippen molar-refractivity contribution in [2.24, 2.45) is 0 Å². The minimum atomic E-state index is 0.706. The van der Waals surface area contributed by atoms with Crippen molar-refractivity contribution in [1.82, 2.24) is 9.88 Å². The third-order valence-electron chi connectivity index (χ3n) is 4.04. The van der Waals surface area contributed by atoms with Crippen molar-refractivity contribution < 1.29 is 4.42 Å². The Hall–Kier alpha value is -1.87. The van der Waals surface area contributed by atoms with Crippen LogP contribution < -0.4 is 0 Å². The SMILES string of the molecule is C=CCc1nc(-c2ccc(CN3CCCC3)cc2)oc1C. The van der Waals surface area contributed by atoms with Crippen LogP contribution in [0.2, 0.25) is 0 Å². The fourth-order valence-electron chi connectivity index (χ4n) is 2.83. The zero-order valence-corrected chi connectivity index (χ0v) is 12.6. The summed E-state index contributed by atoms with van der Waals surface area (Å²) in [6, 6.07) is 8.57. The van der Waals surface area contributed by atoms with Crippen LogP contribution >= 0.6 is 0 Å². The molecule has 0 amide bonds. The highest BCUT2D eigenvalue weighted by molar-refractivity contribution is 5.54. The Bertz CT molecular complexity index is 607. The van der Waals surface area contributed by atoms with Crippen molar-refractivity contribution in [2.75, 3.05) is 13.1 Å². The lowest BCUT2D eigenvalue weighted by Crippen LogP contribution is -2.18. The van der Waals surface area contributed by atoms with Gasteiger partial charge in [0, 0.05) is 18.5 Å². The first kappa shape index (κ1) is 14.1. The second-order valence-electron chi connectivity index (χ2n) is 5.69. The van der Waals surface area contributed by atoms with Crippen LogP contribution in [-0.4, -0.2) is 23.0 Å². The van der Waals surface area contributed by atoms with Crippen molar-refractivity contribution >= 4 is 0 Å². The molecule has 0 unspecified atom stereocenters. The van der Waals surface area contributed by atoms with E-state index in [2.05, 4.69) is 40.7 Å². The van der Waals surface area contributed by atoms with Crippen LogP contribution in [0.1, 0.15) is 29.9 Å². The van der Waals surface area contributed by atoms with Crippen LogP contribution in [0, 0.1) is 6.92 Å². The van der Waals surface area contributed by atoms with E-state index >= 15 is 0 Å². The predicted molar refractivity (Wildman–Crippen MR) is 85.1 cm³/mol. The highest BCUT2D eigenvalue weighted by atomic mass is 16.4. The molecule has 3 rings (SSSR count). The Balaban J connectivity index is 1.73. The highest BCUT2D eigenvalue weighted by Gasteiger charge is 2.13. The largest absolute Gasteiger partial charge is 0.441 e. The fourth-order valence-corrected chi connectivity index (χ4v) is 2.83. The molecule has 1 aliphatic rings. The van der Waals surface area contributed by atoms with Gasteiger partial charge in [0.15, 0.2) is 0 Å². The number of oxazole rings is 1. The summed E-state index contributed by atoms with van der Waals surface area (Å²) in [6.07, 6.45) is 5.27. The summed E-state index contributed by atoms with van der Waals surface area (Å²) in [6.45, 7) is 9.21. The van der Waals surface area contributed by atoms with E-state index in [1.165, 1.54) is 31.5 Å². The highest BCUT2D eigenvalue weighted by Crippen LogP contribution is 2.23. The van der Waals surface area contributed by atoms with Gasteiger partial charge in [-0.1, -0.05) is 18.2 Å². The normalized spacial score (nSPS) is 15.5. The molecule has 3 nitrogen and oxygen atoms in total. The predicted octanol–water partition coefficient (Wildman–Crippen LogP) is 3.97. The number of benzene rings is 1. The number of allylic oxidation sites excluding steroid dienone is 1.